The van der Waals surface area contributed by atoms with Crippen LogP contribution < -0.4 is 10.0 Å². The summed E-state index contributed by atoms with van der Waals surface area (Å²) < 4.78 is 30.5. The summed E-state index contributed by atoms with van der Waals surface area (Å²) in [7, 11) is -3.61. The van der Waals surface area contributed by atoms with E-state index in [4.69, 9.17) is 16.6 Å². The number of anilines is 2. The van der Waals surface area contributed by atoms with Crippen LogP contribution in [0.5, 0.6) is 0 Å². The van der Waals surface area contributed by atoms with Crippen LogP contribution in [-0.4, -0.2) is 24.0 Å². The van der Waals surface area contributed by atoms with Crippen LogP contribution in [-0.2, 0) is 10.0 Å². The number of aromatic nitrogens is 2. The predicted octanol–water partition coefficient (Wildman–Crippen LogP) is 6.04. The highest BCUT2D eigenvalue weighted by Gasteiger charge is 2.22. The number of halogens is 1. The lowest BCUT2D eigenvalue weighted by atomic mass is 10.1. The lowest BCUT2D eigenvalue weighted by Gasteiger charge is -2.22. The van der Waals surface area contributed by atoms with Crippen molar-refractivity contribution < 1.29 is 8.42 Å². The maximum absolute atomic E-state index is 12.9. The number of imidazole rings is 1. The summed E-state index contributed by atoms with van der Waals surface area (Å²) in [6, 6.07) is 10.8. The van der Waals surface area contributed by atoms with Crippen molar-refractivity contribution in [1.29, 1.82) is 0 Å². The van der Waals surface area contributed by atoms with E-state index < -0.39 is 10.0 Å². The van der Waals surface area contributed by atoms with Gasteiger partial charge >= 0.3 is 0 Å². The van der Waals surface area contributed by atoms with Gasteiger partial charge < -0.3 is 9.88 Å². The fraction of sp³-hybridized carbons (Fsp3) is 0.435. The Morgan fingerprint density at radius 1 is 1.10 bits per heavy atom. The van der Waals surface area contributed by atoms with Crippen molar-refractivity contribution in [3.63, 3.8) is 0 Å². The van der Waals surface area contributed by atoms with Crippen molar-refractivity contribution >= 4 is 44.3 Å². The predicted molar refractivity (Wildman–Crippen MR) is 129 cm³/mol. The number of rotatable bonds is 8. The van der Waals surface area contributed by atoms with E-state index in [9.17, 15) is 8.42 Å². The molecule has 3 rings (SSSR count). The van der Waals surface area contributed by atoms with Gasteiger partial charge in [-0.3, -0.25) is 0 Å². The van der Waals surface area contributed by atoms with Crippen molar-refractivity contribution in [3.05, 3.63) is 47.0 Å². The second-order valence-electron chi connectivity index (χ2n) is 8.46. The van der Waals surface area contributed by atoms with E-state index in [1.54, 1.807) is 18.2 Å². The van der Waals surface area contributed by atoms with Gasteiger partial charge in [-0.15, -0.1) is 0 Å². The molecule has 0 aliphatic rings. The standard InChI is InChI=1S/C23H31ClN4O2S/c1-7-16(5)27-31(29,30)19-10-11-21-22(13-19)28(17(6)14(2)3)23(26-21)25-18-9-8-15(4)20(24)12-18/h8-14,16-17,27H,7H2,1-6H3,(H,25,26). The topological polar surface area (TPSA) is 76.0 Å². The Labute approximate surface area is 190 Å². The van der Waals surface area contributed by atoms with Crippen molar-refractivity contribution in [2.45, 2.75) is 64.9 Å². The third-order valence-corrected chi connectivity index (χ3v) is 7.73. The van der Waals surface area contributed by atoms with Crippen LogP contribution in [0.2, 0.25) is 5.02 Å². The number of fused-ring (bicyclic) bond motifs is 1. The summed E-state index contributed by atoms with van der Waals surface area (Å²) in [6.45, 7) is 12.1. The first-order chi connectivity index (χ1) is 14.5. The number of hydrogen-bond acceptors (Lipinski definition) is 4. The second-order valence-corrected chi connectivity index (χ2v) is 10.6. The van der Waals surface area contributed by atoms with Crippen molar-refractivity contribution in [3.8, 4) is 0 Å². The molecule has 0 aliphatic heterocycles. The molecule has 2 unspecified atom stereocenters. The zero-order valence-electron chi connectivity index (χ0n) is 18.9. The summed E-state index contributed by atoms with van der Waals surface area (Å²) in [5.41, 5.74) is 3.33. The first kappa shape index (κ1) is 23.6. The molecule has 1 aromatic heterocycles. The molecule has 0 bridgehead atoms. The van der Waals surface area contributed by atoms with Crippen LogP contribution in [0.1, 0.15) is 52.6 Å². The van der Waals surface area contributed by atoms with Gasteiger partial charge in [-0.05, 0) is 69.0 Å². The van der Waals surface area contributed by atoms with Crippen molar-refractivity contribution in [1.82, 2.24) is 14.3 Å². The molecule has 1 heterocycles. The Morgan fingerprint density at radius 2 is 1.81 bits per heavy atom. The fourth-order valence-corrected chi connectivity index (χ4v) is 4.78. The molecule has 0 saturated heterocycles. The van der Waals surface area contributed by atoms with Crippen LogP contribution in [0.25, 0.3) is 11.0 Å². The zero-order valence-corrected chi connectivity index (χ0v) is 20.5. The molecule has 2 aromatic carbocycles. The Kier molecular flexibility index (Phi) is 6.98. The molecular weight excluding hydrogens is 432 g/mol. The van der Waals surface area contributed by atoms with E-state index in [2.05, 4.69) is 35.4 Å². The molecule has 8 heteroatoms. The minimum Gasteiger partial charge on any atom is -0.326 e. The van der Waals surface area contributed by atoms with Gasteiger partial charge in [-0.25, -0.2) is 18.1 Å². The van der Waals surface area contributed by atoms with E-state index in [1.807, 2.05) is 39.0 Å². The highest BCUT2D eigenvalue weighted by molar-refractivity contribution is 7.89. The molecule has 0 fully saturated rings. The largest absolute Gasteiger partial charge is 0.326 e. The van der Waals surface area contributed by atoms with Gasteiger partial charge in [0, 0.05) is 22.8 Å². The molecule has 6 nitrogen and oxygen atoms in total. The molecular formula is C23H31ClN4O2S. The number of hydrogen-bond donors (Lipinski definition) is 2. The number of benzene rings is 2. The quantitative estimate of drug-likeness (QED) is 0.428. The molecule has 0 saturated carbocycles. The summed E-state index contributed by atoms with van der Waals surface area (Å²) in [6.07, 6.45) is 0.719. The van der Waals surface area contributed by atoms with Crippen LogP contribution in [0.3, 0.4) is 0 Å². The second kappa shape index (κ2) is 9.18. The van der Waals surface area contributed by atoms with Gasteiger partial charge in [-0.2, -0.15) is 0 Å². The Hall–Kier alpha value is -2.09. The lowest BCUT2D eigenvalue weighted by Crippen LogP contribution is -2.32. The minimum atomic E-state index is -3.61. The van der Waals surface area contributed by atoms with Crippen LogP contribution in [0, 0.1) is 12.8 Å². The molecule has 168 valence electrons. The average molecular weight is 463 g/mol. The molecule has 0 aliphatic carbocycles. The van der Waals surface area contributed by atoms with Gasteiger partial charge in [0.25, 0.3) is 0 Å². The van der Waals surface area contributed by atoms with Crippen molar-refractivity contribution in [2.24, 2.45) is 5.92 Å². The highest BCUT2D eigenvalue weighted by atomic mass is 35.5. The lowest BCUT2D eigenvalue weighted by molar-refractivity contribution is 0.421. The Balaban J connectivity index is 2.12. The summed E-state index contributed by atoms with van der Waals surface area (Å²) in [4.78, 5) is 5.00. The van der Waals surface area contributed by atoms with E-state index in [-0.39, 0.29) is 17.0 Å². The average Bonchev–Trinajstić information content (AvgIpc) is 3.06. The molecule has 0 amide bonds. The smallest absolute Gasteiger partial charge is 0.240 e. The van der Waals surface area contributed by atoms with E-state index in [0.717, 1.165) is 28.7 Å². The maximum atomic E-state index is 12.9. The summed E-state index contributed by atoms with van der Waals surface area (Å²) in [5.74, 6) is 0.971. The van der Waals surface area contributed by atoms with Crippen molar-refractivity contribution in [2.75, 3.05) is 5.32 Å². The monoisotopic (exact) mass is 462 g/mol. The van der Waals surface area contributed by atoms with Crippen LogP contribution in [0.15, 0.2) is 41.3 Å². The zero-order chi connectivity index (χ0) is 22.9. The van der Waals surface area contributed by atoms with Gasteiger partial charge in [-0.1, -0.05) is 38.4 Å². The summed E-state index contributed by atoms with van der Waals surface area (Å²) in [5, 5.41) is 4.04. The summed E-state index contributed by atoms with van der Waals surface area (Å²) >= 11 is 6.30. The molecule has 3 aromatic rings. The van der Waals surface area contributed by atoms with Gasteiger partial charge in [0.15, 0.2) is 0 Å². The van der Waals surface area contributed by atoms with Crippen LogP contribution in [0.4, 0.5) is 11.6 Å². The fourth-order valence-electron chi connectivity index (χ4n) is 3.25. The third kappa shape index (κ3) is 5.05. The van der Waals surface area contributed by atoms with Gasteiger partial charge in [0.05, 0.1) is 15.9 Å². The SMILES string of the molecule is CCC(C)NS(=O)(=O)c1ccc2nc(Nc3ccc(C)c(Cl)c3)n(C(C)C(C)C)c2c1. The number of nitrogens with zero attached hydrogens (tertiary/aromatic N) is 2. The first-order valence-electron chi connectivity index (χ1n) is 10.6. The van der Waals surface area contributed by atoms with Crippen LogP contribution >= 0.6 is 11.6 Å². The molecule has 0 spiro atoms. The molecule has 2 N–H and O–H groups in total. The Bertz CT molecular complexity index is 1190. The van der Waals surface area contributed by atoms with E-state index in [0.29, 0.717) is 16.9 Å². The normalized spacial score (nSPS) is 14.2. The maximum Gasteiger partial charge on any atom is 0.240 e. The Morgan fingerprint density at radius 3 is 2.42 bits per heavy atom. The number of sulfonamides is 1. The highest BCUT2D eigenvalue weighted by Crippen LogP contribution is 2.32. The number of aryl methyl sites for hydroxylation is 1. The molecule has 31 heavy (non-hydrogen) atoms. The minimum absolute atomic E-state index is 0.0916. The van der Waals surface area contributed by atoms with Gasteiger partial charge in [0.1, 0.15) is 0 Å². The molecule has 0 radical (unpaired) electrons. The first-order valence-corrected chi connectivity index (χ1v) is 12.5. The van der Waals surface area contributed by atoms with Gasteiger partial charge in [0.2, 0.25) is 16.0 Å². The molecule has 2 atom stereocenters. The van der Waals surface area contributed by atoms with E-state index >= 15 is 0 Å². The van der Waals surface area contributed by atoms with E-state index in [1.165, 1.54) is 0 Å². The third-order valence-electron chi connectivity index (χ3n) is 5.74. The number of nitrogens with one attached hydrogen (secondary N) is 2.